The zero-order valence-corrected chi connectivity index (χ0v) is 19.8. The molecule has 1 rings (SSSR count). The highest BCUT2D eigenvalue weighted by molar-refractivity contribution is 14.0. The van der Waals surface area contributed by atoms with E-state index in [0.717, 1.165) is 12.3 Å². The Morgan fingerprint density at radius 1 is 1.19 bits per heavy atom. The molecule has 0 radical (unpaired) electrons. The number of rotatable bonds is 11. The van der Waals surface area contributed by atoms with Crippen molar-refractivity contribution in [2.75, 3.05) is 45.6 Å². The number of halogens is 1. The predicted octanol–water partition coefficient (Wildman–Crippen LogP) is 2.22. The Hall–Kier alpha value is -1.07. The van der Waals surface area contributed by atoms with Crippen molar-refractivity contribution in [2.45, 2.75) is 27.2 Å². The molecule has 0 amide bonds. The van der Waals surface area contributed by atoms with E-state index in [9.17, 15) is 8.42 Å². The van der Waals surface area contributed by atoms with E-state index in [-0.39, 0.29) is 29.7 Å². The highest BCUT2D eigenvalue weighted by atomic mass is 127. The molecule has 1 aromatic rings. The maximum absolute atomic E-state index is 11.7. The number of sulfonamides is 1. The lowest BCUT2D eigenvalue weighted by atomic mass is 10.2. The predicted molar refractivity (Wildman–Crippen MR) is 123 cm³/mol. The summed E-state index contributed by atoms with van der Waals surface area (Å²) in [4.78, 5) is 4.47. The van der Waals surface area contributed by atoms with E-state index in [2.05, 4.69) is 15.6 Å². The van der Waals surface area contributed by atoms with E-state index >= 15 is 0 Å². The van der Waals surface area contributed by atoms with Crippen LogP contribution in [0.15, 0.2) is 29.3 Å². The van der Waals surface area contributed by atoms with Gasteiger partial charge in [0, 0.05) is 26.7 Å². The van der Waals surface area contributed by atoms with Gasteiger partial charge in [-0.1, -0.05) is 17.7 Å². The number of hydrogen-bond donors (Lipinski definition) is 2. The third-order valence-corrected chi connectivity index (χ3v) is 5.63. The largest absolute Gasteiger partial charge is 0.492 e. The summed E-state index contributed by atoms with van der Waals surface area (Å²) in [6, 6.07) is 7.94. The summed E-state index contributed by atoms with van der Waals surface area (Å²) in [5, 5.41) is 6.38. The number of hydrogen-bond acceptors (Lipinski definition) is 4. The Kier molecular flexibility index (Phi) is 13.4. The molecule has 0 aromatic heterocycles. The van der Waals surface area contributed by atoms with Crippen molar-refractivity contribution >= 4 is 40.0 Å². The van der Waals surface area contributed by atoms with Gasteiger partial charge in [0.25, 0.3) is 0 Å². The first kappa shape index (κ1) is 25.9. The lowest BCUT2D eigenvalue weighted by Gasteiger charge is -2.15. The Balaban J connectivity index is 0.00000676. The molecule has 0 aliphatic rings. The zero-order chi connectivity index (χ0) is 19.4. The second-order valence-electron chi connectivity index (χ2n) is 5.92. The van der Waals surface area contributed by atoms with Crippen LogP contribution in [-0.2, 0) is 10.0 Å². The van der Waals surface area contributed by atoms with Crippen LogP contribution in [0.25, 0.3) is 0 Å². The van der Waals surface area contributed by atoms with Crippen LogP contribution in [-0.4, -0.2) is 64.3 Å². The molecule has 0 spiro atoms. The highest BCUT2D eigenvalue weighted by Crippen LogP contribution is 2.10. The first-order valence-corrected chi connectivity index (χ1v) is 10.7. The summed E-state index contributed by atoms with van der Waals surface area (Å²) < 4.78 is 30.4. The Labute approximate surface area is 181 Å². The zero-order valence-electron chi connectivity index (χ0n) is 16.7. The Bertz CT molecular complexity index is 651. The van der Waals surface area contributed by atoms with Gasteiger partial charge in [-0.2, -0.15) is 0 Å². The van der Waals surface area contributed by atoms with Gasteiger partial charge in [-0.3, -0.25) is 4.99 Å². The average Bonchev–Trinajstić information content (AvgIpc) is 2.63. The third kappa shape index (κ3) is 10.7. The van der Waals surface area contributed by atoms with Gasteiger partial charge in [-0.25, -0.2) is 12.7 Å². The fourth-order valence-corrected chi connectivity index (χ4v) is 3.01. The molecular weight excluding hydrogens is 479 g/mol. The fraction of sp³-hybridized carbons (Fsp3) is 0.611. The molecule has 2 N–H and O–H groups in total. The lowest BCUT2D eigenvalue weighted by molar-refractivity contribution is 0.322. The van der Waals surface area contributed by atoms with Crippen LogP contribution in [0.1, 0.15) is 25.8 Å². The molecule has 0 unspecified atom stereocenters. The second-order valence-corrected chi connectivity index (χ2v) is 8.29. The number of guanidine groups is 1. The summed E-state index contributed by atoms with van der Waals surface area (Å²) in [6.45, 7) is 8.63. The Morgan fingerprint density at radius 3 is 2.44 bits per heavy atom. The van der Waals surface area contributed by atoms with Crippen LogP contribution in [0, 0.1) is 6.92 Å². The molecular formula is C18H33IN4O3S. The molecule has 0 aliphatic carbocycles. The van der Waals surface area contributed by atoms with Crippen LogP contribution in [0.2, 0.25) is 0 Å². The standard InChI is InChI=1S/C18H32N4O3S.HI/c1-5-19-18(20-12-7-14-22(4)26(23,24)6-2)21-13-15-25-17-10-8-16(3)9-11-17;/h8-11H,5-7,12-15H2,1-4H3,(H2,19,20,21);1H. The maximum Gasteiger partial charge on any atom is 0.213 e. The van der Waals surface area contributed by atoms with Crippen molar-refractivity contribution in [1.82, 2.24) is 14.9 Å². The minimum Gasteiger partial charge on any atom is -0.492 e. The molecule has 0 heterocycles. The van der Waals surface area contributed by atoms with Gasteiger partial charge in [0.1, 0.15) is 12.4 Å². The molecule has 0 aliphatic heterocycles. The number of aryl methyl sites for hydroxylation is 1. The minimum absolute atomic E-state index is 0. The van der Waals surface area contributed by atoms with Crippen molar-refractivity contribution < 1.29 is 13.2 Å². The van der Waals surface area contributed by atoms with Crippen LogP contribution in [0.5, 0.6) is 5.75 Å². The first-order valence-electron chi connectivity index (χ1n) is 9.04. The topological polar surface area (TPSA) is 83.0 Å². The molecule has 0 saturated carbocycles. The van der Waals surface area contributed by atoms with Gasteiger partial charge in [-0.15, -0.1) is 24.0 Å². The minimum atomic E-state index is -3.12. The molecule has 0 atom stereocenters. The summed E-state index contributed by atoms with van der Waals surface area (Å²) >= 11 is 0. The summed E-state index contributed by atoms with van der Waals surface area (Å²) in [6.07, 6.45) is 0.673. The average molecular weight is 512 g/mol. The van der Waals surface area contributed by atoms with Crippen LogP contribution in [0.3, 0.4) is 0 Å². The van der Waals surface area contributed by atoms with Gasteiger partial charge in [0.05, 0.1) is 12.3 Å². The number of nitrogens with zero attached hydrogens (tertiary/aromatic N) is 2. The van der Waals surface area contributed by atoms with Crippen LogP contribution < -0.4 is 15.4 Å². The molecule has 9 heteroatoms. The smallest absolute Gasteiger partial charge is 0.213 e. The van der Waals surface area contributed by atoms with Crippen molar-refractivity contribution in [3.63, 3.8) is 0 Å². The van der Waals surface area contributed by atoms with Crippen LogP contribution in [0.4, 0.5) is 0 Å². The molecule has 1 aromatic carbocycles. The van der Waals surface area contributed by atoms with Gasteiger partial charge in [0.2, 0.25) is 10.0 Å². The number of aliphatic imine (C=N–C) groups is 1. The van der Waals surface area contributed by atoms with E-state index in [1.165, 1.54) is 9.87 Å². The van der Waals surface area contributed by atoms with E-state index in [1.807, 2.05) is 38.1 Å². The van der Waals surface area contributed by atoms with Crippen molar-refractivity contribution in [2.24, 2.45) is 4.99 Å². The molecule has 7 nitrogen and oxygen atoms in total. The lowest BCUT2D eigenvalue weighted by Crippen LogP contribution is -2.39. The number of ether oxygens (including phenoxy) is 1. The Morgan fingerprint density at radius 2 is 1.85 bits per heavy atom. The number of benzene rings is 1. The van der Waals surface area contributed by atoms with E-state index < -0.39 is 10.0 Å². The second kappa shape index (κ2) is 14.0. The molecule has 156 valence electrons. The quantitative estimate of drug-likeness (QED) is 0.206. The van der Waals surface area contributed by atoms with Crippen molar-refractivity contribution in [3.8, 4) is 5.75 Å². The third-order valence-electron chi connectivity index (χ3n) is 3.77. The summed E-state index contributed by atoms with van der Waals surface area (Å²) in [5.74, 6) is 1.68. The molecule has 0 saturated heterocycles. The van der Waals surface area contributed by atoms with Crippen molar-refractivity contribution in [1.29, 1.82) is 0 Å². The fourth-order valence-electron chi connectivity index (χ4n) is 2.16. The number of nitrogens with one attached hydrogen (secondary N) is 2. The summed E-state index contributed by atoms with van der Waals surface area (Å²) in [5.41, 5.74) is 1.20. The SMILES string of the molecule is CCNC(=NCCCN(C)S(=O)(=O)CC)NCCOc1ccc(C)cc1.I. The van der Waals surface area contributed by atoms with Crippen molar-refractivity contribution in [3.05, 3.63) is 29.8 Å². The van der Waals surface area contributed by atoms with E-state index in [1.54, 1.807) is 14.0 Å². The maximum atomic E-state index is 11.7. The van der Waals surface area contributed by atoms with E-state index in [0.29, 0.717) is 38.6 Å². The van der Waals surface area contributed by atoms with Gasteiger partial charge in [-0.05, 0) is 39.3 Å². The molecule has 0 fully saturated rings. The normalized spacial score (nSPS) is 11.8. The van der Waals surface area contributed by atoms with Gasteiger partial charge >= 0.3 is 0 Å². The monoisotopic (exact) mass is 512 g/mol. The summed E-state index contributed by atoms with van der Waals surface area (Å²) in [7, 11) is -1.51. The van der Waals surface area contributed by atoms with Gasteiger partial charge in [0.15, 0.2) is 5.96 Å². The van der Waals surface area contributed by atoms with E-state index in [4.69, 9.17) is 4.74 Å². The first-order chi connectivity index (χ1) is 12.4. The van der Waals surface area contributed by atoms with Crippen LogP contribution >= 0.6 is 24.0 Å². The highest BCUT2D eigenvalue weighted by Gasteiger charge is 2.13. The molecule has 0 bridgehead atoms. The molecule has 27 heavy (non-hydrogen) atoms. The van der Waals surface area contributed by atoms with Gasteiger partial charge < -0.3 is 15.4 Å².